The van der Waals surface area contributed by atoms with Gasteiger partial charge in [-0.1, -0.05) is 297 Å². The molecule has 1 nitrogen and oxygen atoms in total. The summed E-state index contributed by atoms with van der Waals surface area (Å²) in [5.74, 6) is 0. The Bertz CT molecular complexity index is 4480. The Morgan fingerprint density at radius 1 is 0.200 bits per heavy atom. The van der Waals surface area contributed by atoms with Crippen LogP contribution >= 0.6 is 0 Å². The van der Waals surface area contributed by atoms with Gasteiger partial charge < -0.3 is 4.90 Å². The normalized spacial score (nSPS) is 13.1. The van der Waals surface area contributed by atoms with Crippen LogP contribution in [0.1, 0.15) is 44.5 Å². The van der Waals surface area contributed by atoms with E-state index in [4.69, 9.17) is 0 Å². The number of rotatable bonds is 11. The molecular weight excluding hydrogens is 1020 g/mol. The molecule has 0 bridgehead atoms. The number of anilines is 3. The summed E-state index contributed by atoms with van der Waals surface area (Å²) in [6.07, 6.45) is 0. The molecule has 398 valence electrons. The number of hydrogen-bond donors (Lipinski definition) is 0. The summed E-state index contributed by atoms with van der Waals surface area (Å²) in [4.78, 5) is 2.44. The number of nitrogens with zero attached hydrogens (tertiary/aromatic N) is 1. The summed E-state index contributed by atoms with van der Waals surface area (Å²) in [6.45, 7) is 0. The molecule has 0 radical (unpaired) electrons. The van der Waals surface area contributed by atoms with Crippen molar-refractivity contribution < 1.29 is 0 Å². The summed E-state index contributed by atoms with van der Waals surface area (Å²) in [5, 5.41) is 2.48. The van der Waals surface area contributed by atoms with Crippen molar-refractivity contribution in [2.75, 3.05) is 4.90 Å². The lowest BCUT2D eigenvalue weighted by Crippen LogP contribution is -2.28. The van der Waals surface area contributed by atoms with E-state index in [9.17, 15) is 0 Å². The van der Waals surface area contributed by atoms with Crippen LogP contribution in [0.3, 0.4) is 0 Å². The van der Waals surface area contributed by atoms with Crippen LogP contribution < -0.4 is 4.90 Å². The highest BCUT2D eigenvalue weighted by Crippen LogP contribution is 2.59. The molecular formula is C84H57N. The number of fused-ring (bicyclic) bond motifs is 7. The molecule has 0 spiro atoms. The fourth-order valence-electron chi connectivity index (χ4n) is 14.5. The molecule has 0 saturated heterocycles. The lowest BCUT2D eigenvalue weighted by Gasteiger charge is -2.34. The monoisotopic (exact) mass is 1080 g/mol. The summed E-state index contributed by atoms with van der Waals surface area (Å²) >= 11 is 0. The van der Waals surface area contributed by atoms with E-state index >= 15 is 0 Å². The zero-order valence-corrected chi connectivity index (χ0v) is 46.9. The van der Waals surface area contributed by atoms with Crippen molar-refractivity contribution in [3.05, 3.63) is 390 Å². The molecule has 1 heteroatoms. The fourth-order valence-corrected chi connectivity index (χ4v) is 14.5. The molecule has 0 amide bonds. The Balaban J connectivity index is 0.830. The maximum absolute atomic E-state index is 2.46. The molecule has 2 aliphatic carbocycles. The lowest BCUT2D eigenvalue weighted by molar-refractivity contribution is 0.769. The van der Waals surface area contributed by atoms with Gasteiger partial charge in [-0.15, -0.1) is 0 Å². The van der Waals surface area contributed by atoms with Crippen LogP contribution in [0.5, 0.6) is 0 Å². The van der Waals surface area contributed by atoms with Crippen LogP contribution in [0.15, 0.2) is 346 Å². The Labute approximate surface area is 497 Å². The number of hydrogen-bond acceptors (Lipinski definition) is 1. The molecule has 0 N–H and O–H groups in total. The quantitative estimate of drug-likeness (QED) is 0.125. The molecule has 0 heterocycles. The van der Waals surface area contributed by atoms with Gasteiger partial charge in [0.2, 0.25) is 0 Å². The van der Waals surface area contributed by atoms with Gasteiger partial charge in [-0.25, -0.2) is 0 Å². The van der Waals surface area contributed by atoms with Crippen LogP contribution in [-0.2, 0) is 10.8 Å². The maximum atomic E-state index is 2.46. The van der Waals surface area contributed by atoms with Crippen molar-refractivity contribution in [1.82, 2.24) is 0 Å². The van der Waals surface area contributed by atoms with Gasteiger partial charge in [0.15, 0.2) is 0 Å². The van der Waals surface area contributed by atoms with E-state index in [0.717, 1.165) is 39.3 Å². The minimum absolute atomic E-state index is 0.486. The molecule has 2 aliphatic rings. The van der Waals surface area contributed by atoms with Crippen LogP contribution in [0.2, 0.25) is 0 Å². The molecule has 0 atom stereocenters. The first-order chi connectivity index (χ1) is 42.2. The van der Waals surface area contributed by atoms with Gasteiger partial charge in [0.1, 0.15) is 0 Å². The summed E-state index contributed by atoms with van der Waals surface area (Å²) in [5.41, 5.74) is 27.0. The number of para-hydroxylation sites is 1. The van der Waals surface area contributed by atoms with Crippen molar-refractivity contribution in [3.8, 4) is 66.8 Å². The van der Waals surface area contributed by atoms with Crippen molar-refractivity contribution in [3.63, 3.8) is 0 Å². The summed E-state index contributed by atoms with van der Waals surface area (Å²) in [7, 11) is 0. The predicted molar refractivity (Wildman–Crippen MR) is 355 cm³/mol. The van der Waals surface area contributed by atoms with Gasteiger partial charge in [0.25, 0.3) is 0 Å². The van der Waals surface area contributed by atoms with Gasteiger partial charge in [0.05, 0.1) is 16.5 Å². The van der Waals surface area contributed by atoms with E-state index in [-0.39, 0.29) is 0 Å². The third-order valence-corrected chi connectivity index (χ3v) is 18.3. The second-order valence-electron chi connectivity index (χ2n) is 22.6. The van der Waals surface area contributed by atoms with Crippen LogP contribution in [0.25, 0.3) is 77.5 Å². The smallest absolute Gasteiger partial charge is 0.0713 e. The Hall–Kier alpha value is -10.9. The SMILES string of the molecule is c1ccc(C2(c3ccccc3)c3ccccc3-c3ccc(-c4ccc(N(c5ccc(-c6ccc7c(c6)C(c6ccccc6)(c6ccccc6)c6ccccc6-7)cc5)c5ccccc5-c5cccc(-c6cccc7ccccc67)c5)cc4)cc32)cc1. The summed E-state index contributed by atoms with van der Waals surface area (Å²) < 4.78 is 0. The average molecular weight is 1080 g/mol. The predicted octanol–water partition coefficient (Wildman–Crippen LogP) is 21.7. The van der Waals surface area contributed by atoms with Gasteiger partial charge >= 0.3 is 0 Å². The highest BCUT2D eigenvalue weighted by atomic mass is 15.1. The van der Waals surface area contributed by atoms with Crippen LogP contribution in [0.4, 0.5) is 17.1 Å². The molecule has 14 aromatic carbocycles. The van der Waals surface area contributed by atoms with Gasteiger partial charge in [0, 0.05) is 16.9 Å². The first-order valence-corrected chi connectivity index (χ1v) is 29.6. The van der Waals surface area contributed by atoms with Gasteiger partial charge in [-0.05, 0) is 165 Å². The zero-order valence-electron chi connectivity index (χ0n) is 46.9. The van der Waals surface area contributed by atoms with Crippen molar-refractivity contribution >= 4 is 27.8 Å². The molecule has 14 aromatic rings. The van der Waals surface area contributed by atoms with E-state index in [1.165, 1.54) is 99.8 Å². The molecule has 16 rings (SSSR count). The standard InChI is InChI=1S/C84H57N/c1-5-27-65(28-6-1)83(66-29-7-2-8-30-66)78-40-18-15-37-74(78)76-53-47-61(56-80(76)83)58-43-49-69(50-44-58)85(82-42-20-17-36-73(82)64-26-21-25-63(55-64)72-39-22-24-60-23-13-14-35-71(60)72)70-51-45-59(46-52-70)62-48-54-77-75-38-16-19-41-79(75)84(81(77)57-62,67-31-9-3-10-32-67)68-33-11-4-12-34-68/h1-57H. The third kappa shape index (κ3) is 8.00. The van der Waals surface area contributed by atoms with Crippen LogP contribution in [-0.4, -0.2) is 0 Å². The third-order valence-electron chi connectivity index (χ3n) is 18.3. The van der Waals surface area contributed by atoms with E-state index < -0.39 is 10.8 Å². The fraction of sp³-hybridized carbons (Fsp3) is 0.0238. The molecule has 0 aromatic heterocycles. The topological polar surface area (TPSA) is 3.24 Å². The first-order valence-electron chi connectivity index (χ1n) is 29.6. The van der Waals surface area contributed by atoms with Crippen LogP contribution in [0, 0.1) is 0 Å². The number of benzene rings is 14. The zero-order chi connectivity index (χ0) is 56.3. The van der Waals surface area contributed by atoms with E-state index in [2.05, 4.69) is 351 Å². The van der Waals surface area contributed by atoms with E-state index in [0.29, 0.717) is 0 Å². The lowest BCUT2D eigenvalue weighted by atomic mass is 9.67. The second-order valence-corrected chi connectivity index (χ2v) is 22.6. The minimum Gasteiger partial charge on any atom is -0.310 e. The van der Waals surface area contributed by atoms with Crippen molar-refractivity contribution in [2.24, 2.45) is 0 Å². The molecule has 0 aliphatic heterocycles. The molecule has 0 unspecified atom stereocenters. The maximum Gasteiger partial charge on any atom is 0.0713 e. The molecule has 0 fully saturated rings. The Morgan fingerprint density at radius 2 is 0.553 bits per heavy atom. The second kappa shape index (κ2) is 20.5. The highest BCUT2D eigenvalue weighted by Gasteiger charge is 2.47. The Morgan fingerprint density at radius 3 is 1.05 bits per heavy atom. The van der Waals surface area contributed by atoms with Crippen molar-refractivity contribution in [2.45, 2.75) is 10.8 Å². The molecule has 0 saturated carbocycles. The van der Waals surface area contributed by atoms with Gasteiger partial charge in [-0.3, -0.25) is 0 Å². The van der Waals surface area contributed by atoms with E-state index in [1.54, 1.807) is 0 Å². The summed E-state index contributed by atoms with van der Waals surface area (Å²) in [6, 6.07) is 128. The van der Waals surface area contributed by atoms with Crippen molar-refractivity contribution in [1.29, 1.82) is 0 Å². The minimum atomic E-state index is -0.486. The average Bonchev–Trinajstić information content (AvgIpc) is 1.78. The van der Waals surface area contributed by atoms with E-state index in [1.807, 2.05) is 0 Å². The van der Waals surface area contributed by atoms with Gasteiger partial charge in [-0.2, -0.15) is 0 Å². The first kappa shape index (κ1) is 49.9. The largest absolute Gasteiger partial charge is 0.310 e. The Kier molecular flexibility index (Phi) is 12.1. The highest BCUT2D eigenvalue weighted by molar-refractivity contribution is 5.99. The molecule has 85 heavy (non-hydrogen) atoms.